The first kappa shape index (κ1) is 14.5. The van der Waals surface area contributed by atoms with Crippen molar-refractivity contribution >= 4 is 0 Å². The predicted octanol–water partition coefficient (Wildman–Crippen LogP) is 4.12. The number of aliphatic hydroxyl groups is 1. The van der Waals surface area contributed by atoms with Crippen molar-refractivity contribution in [1.82, 2.24) is 0 Å². The van der Waals surface area contributed by atoms with E-state index in [-0.39, 0.29) is 12.0 Å². The Morgan fingerprint density at radius 1 is 1.39 bits per heavy atom. The Balaban J connectivity index is 3.08. The number of hydrogen-bond acceptors (Lipinski definition) is 1. The number of allylic oxidation sites excluding steroid dienone is 10. The summed E-state index contributed by atoms with van der Waals surface area (Å²) in [7, 11) is 0. The molecule has 0 spiro atoms. The van der Waals surface area contributed by atoms with E-state index in [9.17, 15) is 0 Å². The molecule has 0 heterocycles. The number of hydrogen-bond donors (Lipinski definition) is 1. The van der Waals surface area contributed by atoms with Crippen molar-refractivity contribution < 1.29 is 5.11 Å². The molecular formula is C17H22O. The van der Waals surface area contributed by atoms with Gasteiger partial charge in [0, 0.05) is 5.41 Å². The van der Waals surface area contributed by atoms with Gasteiger partial charge in [0.15, 0.2) is 0 Å². The standard InChI is InChI=1S/C17H22O/c1-4-10-15(13-9-14-18)17(2,3)16-11-7-5-6-8-12-16/h4-11,13,18H,1,12,14H2,2-3H3/b13-9-,15-10+. The zero-order valence-electron chi connectivity index (χ0n) is 11.3. The van der Waals surface area contributed by atoms with Crippen molar-refractivity contribution in [3.05, 3.63) is 72.4 Å². The fraction of sp³-hybridized carbons (Fsp3) is 0.294. The maximum Gasteiger partial charge on any atom is 0.0615 e. The Morgan fingerprint density at radius 3 is 2.83 bits per heavy atom. The zero-order valence-corrected chi connectivity index (χ0v) is 11.3. The van der Waals surface area contributed by atoms with Gasteiger partial charge in [0.05, 0.1) is 6.61 Å². The molecule has 1 aliphatic carbocycles. The molecule has 0 aromatic heterocycles. The molecule has 18 heavy (non-hydrogen) atoms. The van der Waals surface area contributed by atoms with E-state index in [0.717, 1.165) is 12.0 Å². The van der Waals surface area contributed by atoms with Crippen LogP contribution in [-0.2, 0) is 0 Å². The molecule has 1 heteroatoms. The fourth-order valence-electron chi connectivity index (χ4n) is 2.01. The highest BCUT2D eigenvalue weighted by Gasteiger charge is 2.25. The van der Waals surface area contributed by atoms with Crippen molar-refractivity contribution in [2.75, 3.05) is 6.61 Å². The molecule has 1 nitrogen and oxygen atoms in total. The summed E-state index contributed by atoms with van der Waals surface area (Å²) in [5, 5.41) is 8.93. The molecule has 1 rings (SSSR count). The van der Waals surface area contributed by atoms with Crippen LogP contribution in [0.25, 0.3) is 0 Å². The van der Waals surface area contributed by atoms with Gasteiger partial charge in [0.25, 0.3) is 0 Å². The first-order valence-corrected chi connectivity index (χ1v) is 6.26. The molecule has 0 aliphatic heterocycles. The van der Waals surface area contributed by atoms with Crippen LogP contribution in [0.4, 0.5) is 0 Å². The lowest BCUT2D eigenvalue weighted by Crippen LogP contribution is -2.17. The molecule has 0 atom stereocenters. The molecule has 0 saturated heterocycles. The normalized spacial score (nSPS) is 16.8. The lowest BCUT2D eigenvalue weighted by molar-refractivity contribution is 0.342. The Hall–Kier alpha value is -1.60. The Labute approximate surface area is 110 Å². The molecule has 0 aromatic carbocycles. The second-order valence-corrected chi connectivity index (χ2v) is 4.78. The van der Waals surface area contributed by atoms with Gasteiger partial charge in [0.2, 0.25) is 0 Å². The average molecular weight is 242 g/mol. The quantitative estimate of drug-likeness (QED) is 0.719. The number of aliphatic hydroxyl groups excluding tert-OH is 1. The van der Waals surface area contributed by atoms with Crippen LogP contribution >= 0.6 is 0 Å². The van der Waals surface area contributed by atoms with Gasteiger partial charge in [-0.05, 0) is 12.0 Å². The third-order valence-corrected chi connectivity index (χ3v) is 3.22. The van der Waals surface area contributed by atoms with Crippen LogP contribution in [0, 0.1) is 5.41 Å². The topological polar surface area (TPSA) is 20.2 Å². The van der Waals surface area contributed by atoms with Crippen molar-refractivity contribution in [3.63, 3.8) is 0 Å². The smallest absolute Gasteiger partial charge is 0.0615 e. The molecule has 0 fully saturated rings. The summed E-state index contributed by atoms with van der Waals surface area (Å²) < 4.78 is 0. The van der Waals surface area contributed by atoms with E-state index >= 15 is 0 Å². The van der Waals surface area contributed by atoms with Crippen molar-refractivity contribution in [1.29, 1.82) is 0 Å². The van der Waals surface area contributed by atoms with Gasteiger partial charge in [0.1, 0.15) is 0 Å². The number of rotatable bonds is 5. The first-order valence-electron chi connectivity index (χ1n) is 6.26. The van der Waals surface area contributed by atoms with Crippen molar-refractivity contribution in [2.45, 2.75) is 20.3 Å². The van der Waals surface area contributed by atoms with Crippen molar-refractivity contribution in [2.24, 2.45) is 5.41 Å². The third-order valence-electron chi connectivity index (χ3n) is 3.22. The molecule has 0 radical (unpaired) electrons. The minimum absolute atomic E-state index is 0.0589. The van der Waals surface area contributed by atoms with Gasteiger partial charge in [-0.15, -0.1) is 0 Å². The summed E-state index contributed by atoms with van der Waals surface area (Å²) in [5.74, 6) is 0. The van der Waals surface area contributed by atoms with Crippen molar-refractivity contribution in [3.8, 4) is 0 Å². The highest BCUT2D eigenvalue weighted by molar-refractivity contribution is 5.40. The van der Waals surface area contributed by atoms with Gasteiger partial charge < -0.3 is 5.11 Å². The SMILES string of the molecule is C=C/C=C(\C=C/CO)C(C)(C)C1=CC=CC=CC1. The summed E-state index contributed by atoms with van der Waals surface area (Å²) in [6.45, 7) is 8.22. The summed E-state index contributed by atoms with van der Waals surface area (Å²) in [6, 6.07) is 0. The highest BCUT2D eigenvalue weighted by Crippen LogP contribution is 2.38. The van der Waals surface area contributed by atoms with Crippen LogP contribution in [0.15, 0.2) is 72.4 Å². The molecule has 0 aromatic rings. The summed E-state index contributed by atoms with van der Waals surface area (Å²) in [6.07, 6.45) is 19.0. The molecule has 0 unspecified atom stereocenters. The fourth-order valence-corrected chi connectivity index (χ4v) is 2.01. The zero-order chi connectivity index (χ0) is 13.4. The van der Waals surface area contributed by atoms with E-state index in [4.69, 9.17) is 5.11 Å². The maximum absolute atomic E-state index is 8.93. The highest BCUT2D eigenvalue weighted by atomic mass is 16.2. The van der Waals surface area contributed by atoms with Gasteiger partial charge in [-0.2, -0.15) is 0 Å². The Bertz CT molecular complexity index is 429. The van der Waals surface area contributed by atoms with Gasteiger partial charge >= 0.3 is 0 Å². The van der Waals surface area contributed by atoms with Crippen LogP contribution < -0.4 is 0 Å². The van der Waals surface area contributed by atoms with Gasteiger partial charge in [-0.1, -0.05) is 80.7 Å². The molecule has 96 valence electrons. The predicted molar refractivity (Wildman–Crippen MR) is 79.3 cm³/mol. The molecular weight excluding hydrogens is 220 g/mol. The van der Waals surface area contributed by atoms with Crippen LogP contribution in [0.3, 0.4) is 0 Å². The minimum Gasteiger partial charge on any atom is -0.392 e. The molecule has 1 aliphatic rings. The van der Waals surface area contributed by atoms with E-state index in [1.807, 2.05) is 18.2 Å². The lowest BCUT2D eigenvalue weighted by Gasteiger charge is -2.29. The third kappa shape index (κ3) is 3.71. The summed E-state index contributed by atoms with van der Waals surface area (Å²) in [5.41, 5.74) is 2.43. The van der Waals surface area contributed by atoms with E-state index < -0.39 is 0 Å². The van der Waals surface area contributed by atoms with Gasteiger partial charge in [-0.25, -0.2) is 0 Å². The van der Waals surface area contributed by atoms with Crippen LogP contribution in [0.1, 0.15) is 20.3 Å². The summed E-state index contributed by atoms with van der Waals surface area (Å²) >= 11 is 0. The van der Waals surface area contributed by atoms with Crippen LogP contribution in [0.5, 0.6) is 0 Å². The average Bonchev–Trinajstić information content (AvgIpc) is 2.63. The van der Waals surface area contributed by atoms with E-state index in [1.54, 1.807) is 12.2 Å². The second kappa shape index (κ2) is 6.97. The monoisotopic (exact) mass is 242 g/mol. The Morgan fingerprint density at radius 2 is 2.17 bits per heavy atom. The van der Waals surface area contributed by atoms with Gasteiger partial charge in [-0.3, -0.25) is 0 Å². The largest absolute Gasteiger partial charge is 0.392 e. The second-order valence-electron chi connectivity index (χ2n) is 4.78. The first-order chi connectivity index (χ1) is 8.62. The van der Waals surface area contributed by atoms with Crippen LogP contribution in [0.2, 0.25) is 0 Å². The van der Waals surface area contributed by atoms with E-state index in [0.29, 0.717) is 0 Å². The Kier molecular flexibility index (Phi) is 5.60. The molecule has 0 amide bonds. The maximum atomic E-state index is 8.93. The molecule has 0 bridgehead atoms. The van der Waals surface area contributed by atoms with E-state index in [1.165, 1.54) is 5.57 Å². The summed E-state index contributed by atoms with van der Waals surface area (Å²) in [4.78, 5) is 0. The molecule has 1 N–H and O–H groups in total. The minimum atomic E-state index is -0.0706. The lowest BCUT2D eigenvalue weighted by atomic mass is 9.75. The molecule has 0 saturated carbocycles. The van der Waals surface area contributed by atoms with E-state index in [2.05, 4.69) is 44.7 Å². The van der Waals surface area contributed by atoms with Crippen LogP contribution in [-0.4, -0.2) is 11.7 Å².